The summed E-state index contributed by atoms with van der Waals surface area (Å²) in [6.07, 6.45) is -3.19. The number of methoxy groups -OCH3 is 1. The van der Waals surface area contributed by atoms with E-state index in [0.717, 1.165) is 12.1 Å². The number of hydrazone groups is 1. The number of anilines is 1. The minimum atomic E-state index is -4.50. The van der Waals surface area contributed by atoms with E-state index >= 15 is 0 Å². The van der Waals surface area contributed by atoms with Gasteiger partial charge in [-0.05, 0) is 43.3 Å². The van der Waals surface area contributed by atoms with Crippen molar-refractivity contribution in [2.45, 2.75) is 19.7 Å². The van der Waals surface area contributed by atoms with Gasteiger partial charge in [0.05, 0.1) is 23.4 Å². The van der Waals surface area contributed by atoms with Crippen LogP contribution in [0, 0.1) is 18.3 Å². The van der Waals surface area contributed by atoms with E-state index < -0.39 is 11.7 Å². The predicted octanol–water partition coefficient (Wildman–Crippen LogP) is 5.79. The lowest BCUT2D eigenvalue weighted by molar-refractivity contribution is -0.137. The van der Waals surface area contributed by atoms with Crippen LogP contribution in [-0.4, -0.2) is 18.3 Å². The second-order valence-electron chi connectivity index (χ2n) is 6.46. The maximum atomic E-state index is 13.0. The molecule has 0 radical (unpaired) electrons. The number of furan rings is 1. The molecule has 0 bridgehead atoms. The van der Waals surface area contributed by atoms with Crippen LogP contribution >= 0.6 is 11.6 Å². The summed E-state index contributed by atoms with van der Waals surface area (Å²) >= 11 is 6.04. The minimum absolute atomic E-state index is 0.112. The van der Waals surface area contributed by atoms with Crippen molar-refractivity contribution < 1.29 is 22.3 Å². The highest BCUT2D eigenvalue weighted by Crippen LogP contribution is 2.36. The van der Waals surface area contributed by atoms with Crippen LogP contribution < -0.4 is 5.43 Å². The number of rotatable bonds is 6. The van der Waals surface area contributed by atoms with Gasteiger partial charge >= 0.3 is 6.18 Å². The van der Waals surface area contributed by atoms with Crippen molar-refractivity contribution in [2.24, 2.45) is 5.10 Å². The highest BCUT2D eigenvalue weighted by atomic mass is 35.5. The molecule has 2 heterocycles. The van der Waals surface area contributed by atoms with Gasteiger partial charge in [-0.1, -0.05) is 11.6 Å². The molecule has 0 amide bonds. The quantitative estimate of drug-likeness (QED) is 0.381. The molecule has 1 N–H and O–H groups in total. The highest BCUT2D eigenvalue weighted by Gasteiger charge is 2.31. The largest absolute Gasteiger partial charge is 0.455 e. The van der Waals surface area contributed by atoms with E-state index in [0.29, 0.717) is 16.8 Å². The van der Waals surface area contributed by atoms with Crippen LogP contribution in [0.3, 0.4) is 0 Å². The third kappa shape index (κ3) is 5.23. The molecule has 0 saturated heterocycles. The Kier molecular flexibility index (Phi) is 6.63. The number of halogens is 4. The summed E-state index contributed by atoms with van der Waals surface area (Å²) in [5.41, 5.74) is 3.59. The molecule has 0 aliphatic carbocycles. The monoisotopic (exact) mass is 448 g/mol. The summed E-state index contributed by atoms with van der Waals surface area (Å²) in [7, 11) is 1.52. The summed E-state index contributed by atoms with van der Waals surface area (Å²) in [5, 5.41) is 13.6. The molecule has 0 fully saturated rings. The van der Waals surface area contributed by atoms with Gasteiger partial charge in [0.2, 0.25) is 0 Å². The van der Waals surface area contributed by atoms with Crippen LogP contribution in [0.2, 0.25) is 5.02 Å². The molecule has 0 atom stereocenters. The van der Waals surface area contributed by atoms with Gasteiger partial charge in [-0.3, -0.25) is 5.43 Å². The predicted molar refractivity (Wildman–Crippen MR) is 110 cm³/mol. The van der Waals surface area contributed by atoms with Crippen molar-refractivity contribution >= 4 is 23.6 Å². The molecule has 3 rings (SSSR count). The first-order valence-corrected chi connectivity index (χ1v) is 9.26. The average Bonchev–Trinajstić information content (AvgIpc) is 3.16. The van der Waals surface area contributed by atoms with Crippen molar-refractivity contribution in [3.8, 4) is 17.4 Å². The fraction of sp³-hybridized carbons (Fsp3) is 0.190. The van der Waals surface area contributed by atoms with Crippen LogP contribution in [0.15, 0.2) is 45.9 Å². The Balaban J connectivity index is 1.83. The van der Waals surface area contributed by atoms with Gasteiger partial charge in [0.1, 0.15) is 23.2 Å². The number of ether oxygens (including phenoxy) is 1. The average molecular weight is 449 g/mol. The zero-order valence-corrected chi connectivity index (χ0v) is 17.2. The number of aryl methyl sites for hydroxylation is 1. The lowest BCUT2D eigenvalue weighted by Crippen LogP contribution is -2.04. The van der Waals surface area contributed by atoms with Gasteiger partial charge in [-0.25, -0.2) is 4.98 Å². The summed E-state index contributed by atoms with van der Waals surface area (Å²) in [4.78, 5) is 4.26. The molecule has 3 aromatic rings. The van der Waals surface area contributed by atoms with E-state index in [9.17, 15) is 18.4 Å². The molecule has 0 saturated carbocycles. The second kappa shape index (κ2) is 9.20. The molecule has 31 heavy (non-hydrogen) atoms. The fourth-order valence-electron chi connectivity index (χ4n) is 2.83. The van der Waals surface area contributed by atoms with Crippen molar-refractivity contribution in [1.29, 1.82) is 5.26 Å². The second-order valence-corrected chi connectivity index (χ2v) is 6.86. The molecule has 0 aliphatic heterocycles. The molecular formula is C21H16ClF3N4O2. The Morgan fingerprint density at radius 1 is 1.29 bits per heavy atom. The summed E-state index contributed by atoms with van der Waals surface area (Å²) in [6.45, 7) is 2.01. The van der Waals surface area contributed by atoms with E-state index in [1.165, 1.54) is 31.5 Å². The van der Waals surface area contributed by atoms with Crippen LogP contribution in [0.5, 0.6) is 0 Å². The van der Waals surface area contributed by atoms with Gasteiger partial charge in [-0.2, -0.15) is 23.5 Å². The molecule has 0 aliphatic rings. The third-order valence-electron chi connectivity index (χ3n) is 4.19. The number of nitrogens with one attached hydrogen (secondary N) is 1. The van der Waals surface area contributed by atoms with E-state index in [4.69, 9.17) is 20.8 Å². The van der Waals surface area contributed by atoms with Crippen LogP contribution in [0.25, 0.3) is 11.3 Å². The number of alkyl halides is 3. The summed E-state index contributed by atoms with van der Waals surface area (Å²) in [6, 6.07) is 9.83. The smallest absolute Gasteiger partial charge is 0.416 e. The minimum Gasteiger partial charge on any atom is -0.455 e. The lowest BCUT2D eigenvalue weighted by Gasteiger charge is -2.09. The molecule has 0 unspecified atom stereocenters. The maximum Gasteiger partial charge on any atom is 0.416 e. The number of aromatic nitrogens is 1. The Morgan fingerprint density at radius 2 is 2.06 bits per heavy atom. The molecule has 160 valence electrons. The van der Waals surface area contributed by atoms with Crippen molar-refractivity contribution in [3.05, 3.63) is 69.6 Å². The summed E-state index contributed by atoms with van der Waals surface area (Å²) < 4.78 is 49.6. The molecule has 1 aromatic carbocycles. The van der Waals surface area contributed by atoms with Gasteiger partial charge in [-0.15, -0.1) is 0 Å². The van der Waals surface area contributed by atoms with Crippen LogP contribution in [0.1, 0.15) is 28.1 Å². The van der Waals surface area contributed by atoms with Gasteiger partial charge in [0, 0.05) is 23.9 Å². The molecule has 6 nitrogen and oxygen atoms in total. The van der Waals surface area contributed by atoms with Crippen molar-refractivity contribution in [2.75, 3.05) is 12.5 Å². The SMILES string of the molecule is COCc1cc(C)nc(N/N=C\c2ccc(-c3cc(C(F)(F)F)ccc3Cl)o2)c1C#N. The number of hydrogen-bond donors (Lipinski definition) is 1. The van der Waals surface area contributed by atoms with E-state index in [1.807, 2.05) is 0 Å². The zero-order chi connectivity index (χ0) is 22.6. The Hall–Kier alpha value is -3.35. The van der Waals surface area contributed by atoms with E-state index in [1.54, 1.807) is 13.0 Å². The molecule has 0 spiro atoms. The zero-order valence-electron chi connectivity index (χ0n) is 16.4. The first-order chi connectivity index (χ1) is 14.7. The van der Waals surface area contributed by atoms with Crippen molar-refractivity contribution in [3.63, 3.8) is 0 Å². The molecule has 2 aromatic heterocycles. The van der Waals surface area contributed by atoms with E-state index in [-0.39, 0.29) is 34.5 Å². The van der Waals surface area contributed by atoms with Gasteiger partial charge < -0.3 is 9.15 Å². The first-order valence-electron chi connectivity index (χ1n) is 8.88. The summed E-state index contributed by atoms with van der Waals surface area (Å²) in [5.74, 6) is 0.670. The number of nitriles is 1. The normalized spacial score (nSPS) is 11.6. The Bertz CT molecular complexity index is 1170. The highest BCUT2D eigenvalue weighted by molar-refractivity contribution is 6.33. The lowest BCUT2D eigenvalue weighted by atomic mass is 10.1. The Labute approximate surface area is 180 Å². The van der Waals surface area contributed by atoms with Gasteiger partial charge in [0.15, 0.2) is 5.82 Å². The van der Waals surface area contributed by atoms with Gasteiger partial charge in [0.25, 0.3) is 0 Å². The third-order valence-corrected chi connectivity index (χ3v) is 4.52. The number of pyridine rings is 1. The van der Waals surface area contributed by atoms with Crippen LogP contribution in [-0.2, 0) is 17.5 Å². The maximum absolute atomic E-state index is 13.0. The number of nitrogens with zero attached hydrogens (tertiary/aromatic N) is 3. The standard InChI is InChI=1S/C21H16ClF3N4O2/c1-12-7-13(11-30-2)17(9-26)20(28-12)29-27-10-15-4-6-19(31-15)16-8-14(21(23,24)25)3-5-18(16)22/h3-8,10H,11H2,1-2H3,(H,28,29)/b27-10-. The first kappa shape index (κ1) is 22.3. The topological polar surface area (TPSA) is 83.4 Å². The van der Waals surface area contributed by atoms with Crippen molar-refractivity contribution in [1.82, 2.24) is 4.98 Å². The van der Waals surface area contributed by atoms with E-state index in [2.05, 4.69) is 21.6 Å². The number of benzene rings is 1. The van der Waals surface area contributed by atoms with Crippen LogP contribution in [0.4, 0.5) is 19.0 Å². The Morgan fingerprint density at radius 3 is 2.74 bits per heavy atom. The fourth-order valence-corrected chi connectivity index (χ4v) is 3.04. The number of hydrogen-bond acceptors (Lipinski definition) is 6. The molecular weight excluding hydrogens is 433 g/mol. The molecule has 10 heteroatoms.